The van der Waals surface area contributed by atoms with Crippen molar-refractivity contribution in [3.8, 4) is 0 Å². The Hall–Kier alpha value is -4.60. The number of rotatable bonds is 0. The van der Waals surface area contributed by atoms with Crippen LogP contribution >= 0.6 is 0 Å². The van der Waals surface area contributed by atoms with Crippen molar-refractivity contribution in [1.29, 1.82) is 0 Å². The molecule has 8 bridgehead atoms. The van der Waals surface area contributed by atoms with Crippen molar-refractivity contribution >= 4 is 0 Å². The average Bonchev–Trinajstić information content (AvgIpc) is 3.98. The van der Waals surface area contributed by atoms with E-state index in [4.69, 9.17) is 0 Å². The first-order chi connectivity index (χ1) is 25.0. The zero-order valence-corrected chi connectivity index (χ0v) is 26.5. The second-order valence-electron chi connectivity index (χ2n) is 15.9. The molecule has 0 fully saturated rings. The minimum Gasteiger partial charge on any atom is -0.207 e. The molecular formula is C42H20F10. The summed E-state index contributed by atoms with van der Waals surface area (Å²) in [5.41, 5.74) is -1.26. The Morgan fingerprint density at radius 2 is 0.365 bits per heavy atom. The smallest absolute Gasteiger partial charge is 0.131 e. The molecule has 0 spiro atoms. The van der Waals surface area contributed by atoms with Gasteiger partial charge in [-0.15, -0.1) is 0 Å². The molecule has 0 heterocycles. The molecule has 13 rings (SSSR count). The molecule has 52 heavy (non-hydrogen) atoms. The van der Waals surface area contributed by atoms with Gasteiger partial charge in [0.05, 0.1) is 0 Å². The number of hydrogen-bond acceptors (Lipinski definition) is 0. The number of benzene rings is 5. The highest BCUT2D eigenvalue weighted by Crippen LogP contribution is 2.70. The molecule has 8 aliphatic rings. The summed E-state index contributed by atoms with van der Waals surface area (Å²) in [7, 11) is 0. The molecule has 0 amide bonds. The number of fused-ring (bicyclic) bond motifs is 32. The zero-order chi connectivity index (χ0) is 35.3. The lowest BCUT2D eigenvalue weighted by Gasteiger charge is -2.31. The van der Waals surface area contributed by atoms with Gasteiger partial charge in [0.25, 0.3) is 0 Å². The summed E-state index contributed by atoms with van der Waals surface area (Å²) in [6.07, 6.45) is 0.100. The molecule has 0 saturated carbocycles. The average molecular weight is 715 g/mol. The lowest BCUT2D eigenvalue weighted by molar-refractivity contribution is 0.515. The summed E-state index contributed by atoms with van der Waals surface area (Å²) in [5.74, 6) is -15.9. The van der Waals surface area contributed by atoms with Crippen LogP contribution in [0.4, 0.5) is 43.9 Å². The minimum atomic E-state index is -1.07. The van der Waals surface area contributed by atoms with Crippen LogP contribution in [-0.2, 0) is 0 Å². The monoisotopic (exact) mass is 714 g/mol. The fourth-order valence-electron chi connectivity index (χ4n) is 12.9. The molecule has 10 heteroatoms. The Labute approximate surface area is 288 Å². The van der Waals surface area contributed by atoms with Crippen LogP contribution < -0.4 is 0 Å². The van der Waals surface area contributed by atoms with Crippen LogP contribution in [0, 0.1) is 58.2 Å². The maximum absolute atomic E-state index is 17.1. The second kappa shape index (κ2) is 8.61. The molecule has 0 radical (unpaired) electrons. The van der Waals surface area contributed by atoms with Crippen molar-refractivity contribution in [2.75, 3.05) is 0 Å². The van der Waals surface area contributed by atoms with Crippen molar-refractivity contribution in [2.24, 2.45) is 0 Å². The maximum Gasteiger partial charge on any atom is 0.131 e. The molecule has 0 aromatic heterocycles. The Kier molecular flexibility index (Phi) is 4.79. The first kappa shape index (κ1) is 28.9. The Morgan fingerprint density at radius 1 is 0.231 bits per heavy atom. The largest absolute Gasteiger partial charge is 0.207 e. The van der Waals surface area contributed by atoms with E-state index < -0.39 is 106 Å². The lowest BCUT2D eigenvalue weighted by Crippen LogP contribution is -2.22. The molecule has 5 aromatic carbocycles. The fourth-order valence-corrected chi connectivity index (χ4v) is 12.9. The van der Waals surface area contributed by atoms with E-state index in [9.17, 15) is 17.6 Å². The first-order valence-corrected chi connectivity index (χ1v) is 17.6. The highest BCUT2D eigenvalue weighted by Gasteiger charge is 2.59. The van der Waals surface area contributed by atoms with Gasteiger partial charge < -0.3 is 0 Å². The van der Waals surface area contributed by atoms with Crippen LogP contribution in [0.1, 0.15) is 162 Å². The number of hydrogen-bond donors (Lipinski definition) is 0. The van der Waals surface area contributed by atoms with Crippen molar-refractivity contribution in [3.63, 3.8) is 0 Å². The normalized spacial score (nSPS) is 28.7. The van der Waals surface area contributed by atoms with Crippen molar-refractivity contribution in [3.05, 3.63) is 171 Å². The minimum absolute atomic E-state index is 0.00521. The molecular weight excluding hydrogens is 694 g/mol. The maximum atomic E-state index is 17.1. The molecule has 0 nitrogen and oxygen atoms in total. The Bertz CT molecular complexity index is 2350. The van der Waals surface area contributed by atoms with Gasteiger partial charge in [-0.3, -0.25) is 0 Å². The van der Waals surface area contributed by atoms with Crippen molar-refractivity contribution in [1.82, 2.24) is 0 Å². The standard InChI is InChI=1S/C42H20F10/c43-17-1-2-18(44)22-10-5-9(21(17)22)25-26(10)38(48)30-14-7-13(29(30)37(25)47)33-34(14)42(52)36-16-8-15(35(36)41(33)51)31-32(16)40(50)28-12-6-11(27(28)39(31)49)23-19(45)3-4-20(46)24(12)23/h1-4,9-16H,5-8H2. The van der Waals surface area contributed by atoms with Gasteiger partial charge in [0.1, 0.15) is 58.2 Å². The van der Waals surface area contributed by atoms with Crippen LogP contribution in [0.3, 0.4) is 0 Å². The quantitative estimate of drug-likeness (QED) is 0.140. The van der Waals surface area contributed by atoms with Gasteiger partial charge in [0.2, 0.25) is 0 Å². The summed E-state index contributed by atoms with van der Waals surface area (Å²) in [4.78, 5) is 0. The molecule has 258 valence electrons. The first-order valence-electron chi connectivity index (χ1n) is 17.6. The second-order valence-corrected chi connectivity index (χ2v) is 15.9. The molecule has 5 aromatic rings. The van der Waals surface area contributed by atoms with E-state index in [1.54, 1.807) is 0 Å². The van der Waals surface area contributed by atoms with Gasteiger partial charge >= 0.3 is 0 Å². The van der Waals surface area contributed by atoms with Crippen LogP contribution in [0.5, 0.6) is 0 Å². The third-order valence-electron chi connectivity index (χ3n) is 14.4. The van der Waals surface area contributed by atoms with Gasteiger partial charge in [-0.05, 0) is 49.9 Å². The molecule has 8 atom stereocenters. The predicted molar refractivity (Wildman–Crippen MR) is 165 cm³/mol. The van der Waals surface area contributed by atoms with Crippen LogP contribution in [-0.4, -0.2) is 0 Å². The van der Waals surface area contributed by atoms with E-state index in [0.29, 0.717) is 0 Å². The van der Waals surface area contributed by atoms with Gasteiger partial charge in [-0.1, -0.05) is 0 Å². The predicted octanol–water partition coefficient (Wildman–Crippen LogP) is 11.0. The van der Waals surface area contributed by atoms with Crippen LogP contribution in [0.15, 0.2) is 24.3 Å². The van der Waals surface area contributed by atoms with Gasteiger partial charge in [0, 0.05) is 136 Å². The van der Waals surface area contributed by atoms with Crippen molar-refractivity contribution in [2.45, 2.75) is 73.0 Å². The summed E-state index contributed by atoms with van der Waals surface area (Å²) >= 11 is 0. The third-order valence-corrected chi connectivity index (χ3v) is 14.4. The highest BCUT2D eigenvalue weighted by molar-refractivity contribution is 5.73. The van der Waals surface area contributed by atoms with Crippen molar-refractivity contribution < 1.29 is 43.9 Å². The lowest BCUT2D eigenvalue weighted by atomic mass is 9.74. The van der Waals surface area contributed by atoms with E-state index in [0.717, 1.165) is 24.3 Å². The molecule has 0 aliphatic heterocycles. The Balaban J connectivity index is 0.994. The molecule has 8 aliphatic carbocycles. The zero-order valence-electron chi connectivity index (χ0n) is 26.5. The van der Waals surface area contributed by atoms with Crippen LogP contribution in [0.25, 0.3) is 0 Å². The van der Waals surface area contributed by atoms with E-state index in [-0.39, 0.29) is 115 Å². The summed E-state index contributed by atoms with van der Waals surface area (Å²) in [6.45, 7) is 0. The van der Waals surface area contributed by atoms with Crippen LogP contribution in [0.2, 0.25) is 0 Å². The van der Waals surface area contributed by atoms with E-state index in [1.165, 1.54) is 0 Å². The van der Waals surface area contributed by atoms with Gasteiger partial charge in [-0.2, -0.15) is 0 Å². The molecule has 0 saturated heterocycles. The fraction of sp³-hybridized carbons (Fsp3) is 0.286. The number of halogens is 10. The van der Waals surface area contributed by atoms with E-state index in [1.807, 2.05) is 0 Å². The third kappa shape index (κ3) is 2.72. The SMILES string of the molecule is Fc1ccc(F)c2c1C1CC2c2c(F)c3c(c(F)c21)C1CC3c2c(F)c3c(c(F)c21)C1CC3c2c(F)c3c(c(F)c21)C1CC3c2c(F)ccc(F)c21. The summed E-state index contributed by atoms with van der Waals surface area (Å²) in [5, 5.41) is 0. The Morgan fingerprint density at radius 3 is 0.519 bits per heavy atom. The molecule has 8 unspecified atom stereocenters. The van der Waals surface area contributed by atoms with E-state index in [2.05, 4.69) is 0 Å². The highest BCUT2D eigenvalue weighted by atomic mass is 19.2. The molecule has 0 N–H and O–H groups in total. The summed E-state index contributed by atoms with van der Waals surface area (Å²) < 4.78 is 161. The van der Waals surface area contributed by atoms with Gasteiger partial charge in [-0.25, -0.2) is 43.9 Å². The van der Waals surface area contributed by atoms with E-state index >= 15 is 26.3 Å². The summed E-state index contributed by atoms with van der Waals surface area (Å²) in [6, 6.07) is 3.85. The van der Waals surface area contributed by atoms with Gasteiger partial charge in [0.15, 0.2) is 0 Å². The topological polar surface area (TPSA) is 0 Å².